The maximum Gasteiger partial charge on any atom is 0.164 e. The summed E-state index contributed by atoms with van der Waals surface area (Å²) in [5.74, 6) is 0.836. The molecule has 0 radical (unpaired) electrons. The molecule has 0 saturated heterocycles. The lowest BCUT2D eigenvalue weighted by atomic mass is 9.96. The Balaban J connectivity index is 2.95. The number of hydrogen-bond acceptors (Lipinski definition) is 4. The monoisotopic (exact) mass is 292 g/mol. The summed E-state index contributed by atoms with van der Waals surface area (Å²) >= 11 is 0. The van der Waals surface area contributed by atoms with Crippen LogP contribution in [0.3, 0.4) is 0 Å². The topological polar surface area (TPSA) is 44.8 Å². The Morgan fingerprint density at radius 1 is 1.14 bits per heavy atom. The van der Waals surface area contributed by atoms with Gasteiger partial charge in [-0.2, -0.15) is 0 Å². The third kappa shape index (κ3) is 4.41. The molecule has 0 aliphatic heterocycles. The number of ether oxygens (including phenoxy) is 3. The summed E-state index contributed by atoms with van der Waals surface area (Å²) in [5, 5.41) is 0. The minimum absolute atomic E-state index is 0.0315. The minimum Gasteiger partial charge on any atom is -0.496 e. The van der Waals surface area contributed by atoms with Crippen LogP contribution < -0.4 is 4.74 Å². The summed E-state index contributed by atoms with van der Waals surface area (Å²) in [7, 11) is 4.70. The minimum atomic E-state index is -0.498. The molecule has 4 nitrogen and oxygen atoms in total. The lowest BCUT2D eigenvalue weighted by molar-refractivity contribution is -0.133. The Kier molecular flexibility index (Phi) is 6.59. The van der Waals surface area contributed by atoms with E-state index in [1.807, 2.05) is 32.9 Å². The van der Waals surface area contributed by atoms with Crippen LogP contribution in [0.4, 0.5) is 0 Å². The van der Waals surface area contributed by atoms with Crippen LogP contribution in [0.2, 0.25) is 0 Å². The van der Waals surface area contributed by atoms with Crippen LogP contribution in [-0.2, 0) is 14.3 Å². The number of rotatable bonds is 7. The second kappa shape index (κ2) is 7.96. The van der Waals surface area contributed by atoms with Crippen molar-refractivity contribution in [3.63, 3.8) is 0 Å². The van der Waals surface area contributed by atoms with Crippen LogP contribution in [0.25, 0.3) is 6.08 Å². The predicted octanol–water partition coefficient (Wildman–Crippen LogP) is 3.21. The number of hydrogen-bond donors (Lipinski definition) is 0. The van der Waals surface area contributed by atoms with Gasteiger partial charge in [0.25, 0.3) is 0 Å². The first-order chi connectivity index (χ1) is 9.94. The fourth-order valence-electron chi connectivity index (χ4n) is 2.21. The van der Waals surface area contributed by atoms with Crippen LogP contribution >= 0.6 is 0 Å². The van der Waals surface area contributed by atoms with Gasteiger partial charge in [0.2, 0.25) is 0 Å². The molecule has 0 N–H and O–H groups in total. The van der Waals surface area contributed by atoms with Gasteiger partial charge in [-0.3, -0.25) is 4.79 Å². The fraction of sp³-hybridized carbons (Fsp3) is 0.471. The highest BCUT2D eigenvalue weighted by molar-refractivity contribution is 5.94. The average Bonchev–Trinajstić information content (AvgIpc) is 2.48. The molecule has 0 aliphatic rings. The molecule has 0 heterocycles. The highest BCUT2D eigenvalue weighted by Gasteiger charge is 2.11. The summed E-state index contributed by atoms with van der Waals surface area (Å²) in [6.07, 6.45) is 3.13. The number of aryl methyl sites for hydroxylation is 1. The molecule has 116 valence electrons. The third-order valence-electron chi connectivity index (χ3n) is 3.66. The van der Waals surface area contributed by atoms with Gasteiger partial charge in [0.15, 0.2) is 12.1 Å². The van der Waals surface area contributed by atoms with Gasteiger partial charge in [0, 0.05) is 14.2 Å². The Hall–Kier alpha value is -1.65. The second-order valence-corrected chi connectivity index (χ2v) is 4.96. The lowest BCUT2D eigenvalue weighted by Crippen LogP contribution is -2.16. The first kappa shape index (κ1) is 17.4. The van der Waals surface area contributed by atoms with E-state index in [0.717, 1.165) is 28.0 Å². The van der Waals surface area contributed by atoms with Crippen molar-refractivity contribution in [3.8, 4) is 5.75 Å². The van der Waals surface area contributed by atoms with E-state index in [-0.39, 0.29) is 12.2 Å². The number of carbonyl (C=O) groups is 1. The van der Waals surface area contributed by atoms with E-state index in [4.69, 9.17) is 14.2 Å². The van der Waals surface area contributed by atoms with E-state index in [1.165, 1.54) is 14.2 Å². The zero-order valence-corrected chi connectivity index (χ0v) is 13.6. The summed E-state index contributed by atoms with van der Waals surface area (Å²) < 4.78 is 15.4. The highest BCUT2D eigenvalue weighted by Crippen LogP contribution is 2.28. The zero-order chi connectivity index (χ0) is 16.0. The van der Waals surface area contributed by atoms with Gasteiger partial charge in [0.1, 0.15) is 5.75 Å². The molecule has 0 bridgehead atoms. The first-order valence-corrected chi connectivity index (χ1v) is 6.85. The maximum atomic E-state index is 11.9. The quantitative estimate of drug-likeness (QED) is 0.572. The molecule has 0 saturated carbocycles. The van der Waals surface area contributed by atoms with E-state index in [0.29, 0.717) is 0 Å². The van der Waals surface area contributed by atoms with Crippen LogP contribution in [-0.4, -0.2) is 33.4 Å². The molecule has 0 aromatic heterocycles. The Bertz CT molecular complexity index is 528. The van der Waals surface area contributed by atoms with Crippen molar-refractivity contribution in [2.24, 2.45) is 0 Å². The van der Waals surface area contributed by atoms with E-state index < -0.39 is 6.29 Å². The standard InChI is InChI=1S/C17H24O4/c1-11-9-16(19-4)13(3)12(2)15(11)8-7-14(18)10-17(20-5)21-6/h7-9,17H,10H2,1-6H3/b8-7+. The highest BCUT2D eigenvalue weighted by atomic mass is 16.7. The molecule has 1 rings (SSSR count). The third-order valence-corrected chi connectivity index (χ3v) is 3.66. The number of benzene rings is 1. The molecular weight excluding hydrogens is 268 g/mol. The first-order valence-electron chi connectivity index (χ1n) is 6.85. The SMILES string of the molecule is COc1cc(C)c(/C=C/C(=O)CC(OC)OC)c(C)c1C. The number of ketones is 1. The van der Waals surface area contributed by atoms with Gasteiger partial charge in [0.05, 0.1) is 13.5 Å². The molecule has 0 fully saturated rings. The summed E-state index contributed by atoms with van der Waals surface area (Å²) in [6.45, 7) is 6.05. The zero-order valence-electron chi connectivity index (χ0n) is 13.6. The van der Waals surface area contributed by atoms with Gasteiger partial charge in [-0.05, 0) is 55.2 Å². The van der Waals surface area contributed by atoms with Crippen molar-refractivity contribution in [2.75, 3.05) is 21.3 Å². The van der Waals surface area contributed by atoms with Crippen molar-refractivity contribution in [3.05, 3.63) is 34.4 Å². The average molecular weight is 292 g/mol. The van der Waals surface area contributed by atoms with Crippen molar-refractivity contribution >= 4 is 11.9 Å². The maximum absolute atomic E-state index is 11.9. The van der Waals surface area contributed by atoms with Gasteiger partial charge < -0.3 is 14.2 Å². The van der Waals surface area contributed by atoms with Gasteiger partial charge in [-0.25, -0.2) is 0 Å². The molecule has 1 aromatic rings. The van der Waals surface area contributed by atoms with E-state index in [2.05, 4.69) is 0 Å². The van der Waals surface area contributed by atoms with E-state index in [1.54, 1.807) is 13.2 Å². The summed E-state index contributed by atoms with van der Waals surface area (Å²) in [4.78, 5) is 11.9. The molecule has 0 atom stereocenters. The Labute approximate surface area is 126 Å². The molecule has 4 heteroatoms. The second-order valence-electron chi connectivity index (χ2n) is 4.96. The largest absolute Gasteiger partial charge is 0.496 e. The number of carbonyl (C=O) groups excluding carboxylic acids is 1. The smallest absolute Gasteiger partial charge is 0.164 e. The van der Waals surface area contributed by atoms with Gasteiger partial charge in [-0.15, -0.1) is 0 Å². The molecule has 0 amide bonds. The molecule has 0 spiro atoms. The molecule has 1 aromatic carbocycles. The van der Waals surface area contributed by atoms with Crippen molar-refractivity contribution < 1.29 is 19.0 Å². The predicted molar refractivity (Wildman–Crippen MR) is 83.7 cm³/mol. The number of methoxy groups -OCH3 is 3. The molecule has 0 aliphatic carbocycles. The van der Waals surface area contributed by atoms with Gasteiger partial charge in [-0.1, -0.05) is 6.08 Å². The van der Waals surface area contributed by atoms with Crippen LogP contribution in [0.15, 0.2) is 12.1 Å². The Morgan fingerprint density at radius 3 is 2.29 bits per heavy atom. The normalized spacial score (nSPS) is 11.4. The summed E-state index contributed by atoms with van der Waals surface area (Å²) in [6, 6.07) is 1.99. The summed E-state index contributed by atoms with van der Waals surface area (Å²) in [5.41, 5.74) is 4.33. The molecule has 21 heavy (non-hydrogen) atoms. The van der Waals surface area contributed by atoms with Crippen LogP contribution in [0.1, 0.15) is 28.7 Å². The molecular formula is C17H24O4. The lowest BCUT2D eigenvalue weighted by Gasteiger charge is -2.14. The van der Waals surface area contributed by atoms with E-state index in [9.17, 15) is 4.79 Å². The van der Waals surface area contributed by atoms with Gasteiger partial charge >= 0.3 is 0 Å². The van der Waals surface area contributed by atoms with Crippen molar-refractivity contribution in [2.45, 2.75) is 33.5 Å². The van der Waals surface area contributed by atoms with Crippen molar-refractivity contribution in [1.82, 2.24) is 0 Å². The number of allylic oxidation sites excluding steroid dienone is 1. The fourth-order valence-corrected chi connectivity index (χ4v) is 2.21. The van der Waals surface area contributed by atoms with E-state index >= 15 is 0 Å². The molecule has 0 unspecified atom stereocenters. The van der Waals surface area contributed by atoms with Crippen molar-refractivity contribution in [1.29, 1.82) is 0 Å². The van der Waals surface area contributed by atoms with Crippen LogP contribution in [0.5, 0.6) is 5.75 Å². The Morgan fingerprint density at radius 2 is 1.76 bits per heavy atom. The van der Waals surface area contributed by atoms with Crippen LogP contribution in [0, 0.1) is 20.8 Å².